The van der Waals surface area contributed by atoms with E-state index in [0.29, 0.717) is 18.2 Å². The number of benzene rings is 1. The molecule has 1 aromatic rings. The highest BCUT2D eigenvalue weighted by atomic mass is 127. The molecule has 0 aliphatic rings. The van der Waals surface area contributed by atoms with Crippen molar-refractivity contribution in [1.82, 2.24) is 4.90 Å². The van der Waals surface area contributed by atoms with E-state index in [-0.39, 0.29) is 17.6 Å². The molecule has 0 aliphatic carbocycles. The molecule has 116 valence electrons. The van der Waals surface area contributed by atoms with Gasteiger partial charge in [0.1, 0.15) is 0 Å². The molecule has 5 nitrogen and oxygen atoms in total. The molecule has 0 radical (unpaired) electrons. The Hall–Kier alpha value is -1.31. The van der Waals surface area contributed by atoms with E-state index in [1.807, 2.05) is 50.3 Å². The summed E-state index contributed by atoms with van der Waals surface area (Å²) in [6.45, 7) is 8.57. The van der Waals surface area contributed by atoms with Gasteiger partial charge in [-0.05, 0) is 60.6 Å². The molecule has 0 bridgehead atoms. The number of carboxylic acid groups (broad SMARTS) is 1. The molecule has 0 aromatic heterocycles. The lowest BCUT2D eigenvalue weighted by atomic mass is 10.1. The maximum atomic E-state index is 12.4. The summed E-state index contributed by atoms with van der Waals surface area (Å²) in [5.41, 5.74) is 0.422. The predicted octanol–water partition coefficient (Wildman–Crippen LogP) is 3.89. The minimum absolute atomic E-state index is 0.0459. The third kappa shape index (κ3) is 5.18. The molecule has 0 saturated heterocycles. The molecule has 6 heteroatoms. The van der Waals surface area contributed by atoms with Gasteiger partial charge in [-0.25, -0.2) is 9.59 Å². The minimum atomic E-state index is -1.05. The number of carboxylic acids is 1. The second kappa shape index (κ2) is 7.63. The maximum Gasteiger partial charge on any atom is 0.337 e. The van der Waals surface area contributed by atoms with Gasteiger partial charge in [0.15, 0.2) is 0 Å². The van der Waals surface area contributed by atoms with Crippen molar-refractivity contribution in [1.29, 1.82) is 0 Å². The van der Waals surface area contributed by atoms with Crippen molar-refractivity contribution in [3.05, 3.63) is 27.3 Å². The number of amides is 2. The van der Waals surface area contributed by atoms with Crippen LogP contribution in [0.15, 0.2) is 18.2 Å². The quantitative estimate of drug-likeness (QED) is 0.732. The maximum absolute atomic E-state index is 12.4. The largest absolute Gasteiger partial charge is 0.478 e. The van der Waals surface area contributed by atoms with Crippen molar-refractivity contribution in [2.45, 2.75) is 33.7 Å². The van der Waals surface area contributed by atoms with Gasteiger partial charge < -0.3 is 15.3 Å². The van der Waals surface area contributed by atoms with Crippen LogP contribution in [0.4, 0.5) is 10.5 Å². The van der Waals surface area contributed by atoms with E-state index in [4.69, 9.17) is 0 Å². The Kier molecular flexibility index (Phi) is 6.44. The van der Waals surface area contributed by atoms with Crippen molar-refractivity contribution in [2.24, 2.45) is 5.92 Å². The summed E-state index contributed by atoms with van der Waals surface area (Å²) in [5.74, 6) is -0.711. The standard InChI is InChI=1S/C15H21IN2O3/c1-9(2)8-18(10(3)4)15(21)17-13-6-5-11(16)7-12(13)14(19)20/h5-7,9-10H,8H2,1-4H3,(H,17,21)(H,19,20). The Labute approximate surface area is 138 Å². The molecule has 1 aromatic carbocycles. The van der Waals surface area contributed by atoms with Gasteiger partial charge in [0.25, 0.3) is 0 Å². The molecule has 1 rings (SSSR count). The fourth-order valence-corrected chi connectivity index (χ4v) is 2.40. The molecule has 2 amide bonds. The van der Waals surface area contributed by atoms with E-state index >= 15 is 0 Å². The molecule has 0 spiro atoms. The zero-order valence-corrected chi connectivity index (χ0v) is 14.8. The van der Waals surface area contributed by atoms with Crippen LogP contribution < -0.4 is 5.32 Å². The van der Waals surface area contributed by atoms with Gasteiger partial charge in [-0.15, -0.1) is 0 Å². The average Bonchev–Trinajstić information content (AvgIpc) is 2.37. The van der Waals surface area contributed by atoms with Crippen LogP contribution >= 0.6 is 22.6 Å². The number of urea groups is 1. The molecule has 2 N–H and O–H groups in total. The lowest BCUT2D eigenvalue weighted by molar-refractivity contribution is 0.0698. The van der Waals surface area contributed by atoms with Crippen molar-refractivity contribution in [3.8, 4) is 0 Å². The molecule has 0 fully saturated rings. The topological polar surface area (TPSA) is 69.6 Å². The van der Waals surface area contributed by atoms with E-state index < -0.39 is 5.97 Å². The highest BCUT2D eigenvalue weighted by molar-refractivity contribution is 14.1. The molecule has 21 heavy (non-hydrogen) atoms. The summed E-state index contributed by atoms with van der Waals surface area (Å²) in [5, 5.41) is 11.9. The summed E-state index contributed by atoms with van der Waals surface area (Å²) in [7, 11) is 0. The van der Waals surface area contributed by atoms with Gasteiger partial charge in [-0.3, -0.25) is 0 Å². The van der Waals surface area contributed by atoms with E-state index in [9.17, 15) is 14.7 Å². The number of nitrogens with zero attached hydrogens (tertiary/aromatic N) is 1. The summed E-state index contributed by atoms with van der Waals surface area (Å²) in [6.07, 6.45) is 0. The molecule has 0 atom stereocenters. The van der Waals surface area contributed by atoms with E-state index in [1.165, 1.54) is 0 Å². The Morgan fingerprint density at radius 2 is 1.90 bits per heavy atom. The zero-order chi connectivity index (χ0) is 16.2. The number of hydrogen-bond donors (Lipinski definition) is 2. The summed E-state index contributed by atoms with van der Waals surface area (Å²) >= 11 is 2.04. The number of hydrogen-bond acceptors (Lipinski definition) is 2. The molecule has 0 saturated carbocycles. The SMILES string of the molecule is CC(C)CN(C(=O)Nc1ccc(I)cc1C(=O)O)C(C)C. The van der Waals surface area contributed by atoms with E-state index in [1.54, 1.807) is 23.1 Å². The zero-order valence-electron chi connectivity index (χ0n) is 12.7. The van der Waals surface area contributed by atoms with Crippen LogP contribution in [0.5, 0.6) is 0 Å². The first-order valence-electron chi connectivity index (χ1n) is 6.82. The van der Waals surface area contributed by atoms with Crippen LogP contribution in [-0.4, -0.2) is 34.6 Å². The predicted molar refractivity (Wildman–Crippen MR) is 91.8 cm³/mol. The molecule has 0 aliphatic heterocycles. The van der Waals surface area contributed by atoms with Gasteiger partial charge in [0.05, 0.1) is 11.3 Å². The van der Waals surface area contributed by atoms with Crippen LogP contribution in [-0.2, 0) is 0 Å². The lowest BCUT2D eigenvalue weighted by Gasteiger charge is -2.28. The average molecular weight is 404 g/mol. The van der Waals surface area contributed by atoms with Crippen molar-refractivity contribution in [2.75, 3.05) is 11.9 Å². The monoisotopic (exact) mass is 404 g/mol. The number of anilines is 1. The minimum Gasteiger partial charge on any atom is -0.478 e. The Bertz CT molecular complexity index is 530. The Balaban J connectivity index is 2.98. The number of aromatic carboxylic acids is 1. The number of rotatable bonds is 5. The van der Waals surface area contributed by atoms with Crippen molar-refractivity contribution in [3.63, 3.8) is 0 Å². The third-order valence-electron chi connectivity index (χ3n) is 2.90. The summed E-state index contributed by atoms with van der Waals surface area (Å²) in [4.78, 5) is 25.3. The normalized spacial score (nSPS) is 10.8. The number of carbonyl (C=O) groups excluding carboxylic acids is 1. The first-order chi connectivity index (χ1) is 9.72. The van der Waals surface area contributed by atoms with Crippen LogP contribution in [0.25, 0.3) is 0 Å². The van der Waals surface area contributed by atoms with Crippen molar-refractivity contribution < 1.29 is 14.7 Å². The second-order valence-corrected chi connectivity index (χ2v) is 6.81. The Morgan fingerprint density at radius 1 is 1.29 bits per heavy atom. The Morgan fingerprint density at radius 3 is 2.38 bits per heavy atom. The van der Waals surface area contributed by atoms with E-state index in [0.717, 1.165) is 3.57 Å². The van der Waals surface area contributed by atoms with Crippen LogP contribution in [0, 0.1) is 9.49 Å². The number of halogens is 1. The highest BCUT2D eigenvalue weighted by Gasteiger charge is 2.20. The summed E-state index contributed by atoms with van der Waals surface area (Å²) < 4.78 is 0.811. The van der Waals surface area contributed by atoms with Gasteiger partial charge in [-0.1, -0.05) is 13.8 Å². The first-order valence-corrected chi connectivity index (χ1v) is 7.90. The number of carbonyl (C=O) groups is 2. The van der Waals surface area contributed by atoms with Gasteiger partial charge >= 0.3 is 12.0 Å². The van der Waals surface area contributed by atoms with Crippen LogP contribution in [0.3, 0.4) is 0 Å². The smallest absolute Gasteiger partial charge is 0.337 e. The fourth-order valence-electron chi connectivity index (χ4n) is 1.91. The molecule has 0 unspecified atom stereocenters. The molecular weight excluding hydrogens is 383 g/mol. The summed E-state index contributed by atoms with van der Waals surface area (Å²) in [6, 6.07) is 4.70. The van der Waals surface area contributed by atoms with Gasteiger partial charge in [-0.2, -0.15) is 0 Å². The fraction of sp³-hybridized carbons (Fsp3) is 0.467. The van der Waals surface area contributed by atoms with Gasteiger partial charge in [0.2, 0.25) is 0 Å². The second-order valence-electron chi connectivity index (χ2n) is 5.57. The molecular formula is C15H21IN2O3. The van der Waals surface area contributed by atoms with E-state index in [2.05, 4.69) is 5.32 Å². The highest BCUT2D eigenvalue weighted by Crippen LogP contribution is 2.20. The lowest BCUT2D eigenvalue weighted by Crippen LogP contribution is -2.42. The van der Waals surface area contributed by atoms with Crippen LogP contribution in [0.2, 0.25) is 0 Å². The molecule has 0 heterocycles. The van der Waals surface area contributed by atoms with Crippen molar-refractivity contribution >= 4 is 40.3 Å². The third-order valence-corrected chi connectivity index (χ3v) is 3.57. The van der Waals surface area contributed by atoms with Gasteiger partial charge in [0, 0.05) is 16.2 Å². The van der Waals surface area contributed by atoms with Crippen LogP contribution in [0.1, 0.15) is 38.1 Å². The first kappa shape index (κ1) is 17.7. The number of nitrogens with one attached hydrogen (secondary N) is 1.